The van der Waals surface area contributed by atoms with Crippen molar-refractivity contribution in [2.45, 2.75) is 44.9 Å². The Morgan fingerprint density at radius 1 is 1.11 bits per heavy atom. The zero-order valence-electron chi connectivity index (χ0n) is 15.3. The van der Waals surface area contributed by atoms with E-state index in [0.717, 1.165) is 18.4 Å². The molecule has 0 radical (unpaired) electrons. The van der Waals surface area contributed by atoms with Crippen molar-refractivity contribution in [3.05, 3.63) is 57.0 Å². The van der Waals surface area contributed by atoms with E-state index in [2.05, 4.69) is 5.32 Å². The van der Waals surface area contributed by atoms with Gasteiger partial charge < -0.3 is 11.1 Å². The summed E-state index contributed by atoms with van der Waals surface area (Å²) in [5.74, 6) is -1.48. The minimum absolute atomic E-state index is 0.155. The Kier molecular flexibility index (Phi) is 6.61. The predicted octanol–water partition coefficient (Wildman–Crippen LogP) is 3.62. The molecule has 6 heteroatoms. The molecule has 2 amide bonds. The molecule has 1 atom stereocenters. The van der Waals surface area contributed by atoms with E-state index in [1.54, 1.807) is 23.5 Å². The second-order valence-electron chi connectivity index (χ2n) is 7.11. The number of primary amides is 1. The van der Waals surface area contributed by atoms with Gasteiger partial charge in [0.2, 0.25) is 5.91 Å². The second-order valence-corrected chi connectivity index (χ2v) is 8.25. The van der Waals surface area contributed by atoms with Gasteiger partial charge in [0, 0.05) is 11.4 Å². The number of hydrogen-bond acceptors (Lipinski definition) is 3. The predicted molar refractivity (Wildman–Crippen MR) is 105 cm³/mol. The van der Waals surface area contributed by atoms with E-state index in [-0.39, 0.29) is 18.3 Å². The fraction of sp³-hybridized carbons (Fsp3) is 0.429. The van der Waals surface area contributed by atoms with Crippen molar-refractivity contribution in [3.8, 4) is 0 Å². The number of rotatable bonds is 6. The smallest absolute Gasteiger partial charge is 0.261 e. The lowest BCUT2D eigenvalue weighted by atomic mass is 9.98. The van der Waals surface area contributed by atoms with Gasteiger partial charge in [-0.2, -0.15) is 0 Å². The van der Waals surface area contributed by atoms with Crippen LogP contribution in [0.15, 0.2) is 30.3 Å². The number of thiophene rings is 1. The maximum atomic E-state index is 13.0. The Morgan fingerprint density at radius 2 is 1.81 bits per heavy atom. The molecule has 1 aromatic heterocycles. The average molecular weight is 389 g/mol. The number of carbonyl (C=O) groups excluding carboxylic acids is 2. The van der Waals surface area contributed by atoms with Crippen LogP contribution in [0.1, 0.15) is 51.4 Å². The Labute approximate surface area is 163 Å². The standard InChI is InChI=1S/C21H25FN2O2S/c22-17-9-7-14(8-10-17)11-16(20(23)25)13-24-21(26)19-12-15-5-3-1-2-4-6-18(15)27-19/h7-10,12,16H,1-6,11,13H2,(H2,23,25)(H,24,26). The van der Waals surface area contributed by atoms with Crippen molar-refractivity contribution >= 4 is 23.2 Å². The number of nitrogens with one attached hydrogen (secondary N) is 1. The van der Waals surface area contributed by atoms with Crippen molar-refractivity contribution in [1.29, 1.82) is 0 Å². The molecule has 0 spiro atoms. The Hall–Kier alpha value is -2.21. The van der Waals surface area contributed by atoms with Gasteiger partial charge in [0.1, 0.15) is 5.82 Å². The number of hydrogen-bond donors (Lipinski definition) is 2. The van der Waals surface area contributed by atoms with Gasteiger partial charge in [0.25, 0.3) is 5.91 Å². The second kappa shape index (κ2) is 9.13. The minimum Gasteiger partial charge on any atom is -0.369 e. The lowest BCUT2D eigenvalue weighted by Gasteiger charge is -2.14. The third kappa shape index (κ3) is 5.39. The zero-order valence-corrected chi connectivity index (χ0v) is 16.1. The van der Waals surface area contributed by atoms with Crippen molar-refractivity contribution in [1.82, 2.24) is 5.32 Å². The molecule has 4 nitrogen and oxygen atoms in total. The number of nitrogens with two attached hydrogens (primary N) is 1. The van der Waals surface area contributed by atoms with Gasteiger partial charge in [-0.25, -0.2) is 4.39 Å². The van der Waals surface area contributed by atoms with Gasteiger partial charge >= 0.3 is 0 Å². The van der Waals surface area contributed by atoms with Crippen molar-refractivity contribution < 1.29 is 14.0 Å². The largest absolute Gasteiger partial charge is 0.369 e. The van der Waals surface area contributed by atoms with E-state index in [4.69, 9.17) is 5.73 Å². The lowest BCUT2D eigenvalue weighted by Crippen LogP contribution is -2.37. The summed E-state index contributed by atoms with van der Waals surface area (Å²) in [7, 11) is 0. The molecule has 0 saturated heterocycles. The van der Waals surface area contributed by atoms with Gasteiger partial charge in [-0.1, -0.05) is 25.0 Å². The summed E-state index contributed by atoms with van der Waals surface area (Å²) in [5, 5.41) is 2.85. The normalized spacial score (nSPS) is 15.3. The summed E-state index contributed by atoms with van der Waals surface area (Å²) < 4.78 is 13.0. The highest BCUT2D eigenvalue weighted by Crippen LogP contribution is 2.28. The number of amides is 2. The Morgan fingerprint density at radius 3 is 2.52 bits per heavy atom. The SMILES string of the molecule is NC(=O)C(CNC(=O)c1cc2c(s1)CCCCCC2)Cc1ccc(F)cc1. The molecule has 3 rings (SSSR count). The van der Waals surface area contributed by atoms with E-state index in [1.807, 2.05) is 6.07 Å². The van der Waals surface area contributed by atoms with Crippen LogP contribution in [0, 0.1) is 11.7 Å². The highest BCUT2D eigenvalue weighted by atomic mass is 32.1. The molecule has 2 aromatic rings. The first kappa shape index (κ1) is 19.5. The maximum absolute atomic E-state index is 13.0. The van der Waals surface area contributed by atoms with Crippen LogP contribution in [-0.2, 0) is 24.1 Å². The summed E-state index contributed by atoms with van der Waals surface area (Å²) in [6.45, 7) is 0.175. The van der Waals surface area contributed by atoms with Crippen LogP contribution < -0.4 is 11.1 Å². The van der Waals surface area contributed by atoms with Gasteiger partial charge in [-0.3, -0.25) is 9.59 Å². The van der Waals surface area contributed by atoms with Crippen molar-refractivity contribution in [3.63, 3.8) is 0 Å². The Balaban J connectivity index is 1.61. The molecule has 1 heterocycles. The van der Waals surface area contributed by atoms with Gasteiger partial charge in [0.05, 0.1) is 10.8 Å². The first-order valence-electron chi connectivity index (χ1n) is 9.46. The molecule has 1 unspecified atom stereocenters. The van der Waals surface area contributed by atoms with E-state index < -0.39 is 11.8 Å². The molecule has 0 aliphatic heterocycles. The summed E-state index contributed by atoms with van der Waals surface area (Å²) in [4.78, 5) is 26.3. The number of aryl methyl sites for hydroxylation is 2. The van der Waals surface area contributed by atoms with E-state index in [1.165, 1.54) is 48.3 Å². The molecule has 1 aliphatic rings. The van der Waals surface area contributed by atoms with Crippen molar-refractivity contribution in [2.24, 2.45) is 11.7 Å². The number of halogens is 1. The van der Waals surface area contributed by atoms with E-state index in [0.29, 0.717) is 11.3 Å². The Bertz CT molecular complexity index is 776. The van der Waals surface area contributed by atoms with Gasteiger partial charge in [-0.05, 0) is 61.4 Å². The molecule has 0 saturated carbocycles. The zero-order chi connectivity index (χ0) is 19.2. The van der Waals surface area contributed by atoms with Crippen LogP contribution in [0.3, 0.4) is 0 Å². The van der Waals surface area contributed by atoms with Crippen LogP contribution in [0.5, 0.6) is 0 Å². The number of benzene rings is 1. The van der Waals surface area contributed by atoms with E-state index >= 15 is 0 Å². The maximum Gasteiger partial charge on any atom is 0.261 e. The molecule has 0 bridgehead atoms. The summed E-state index contributed by atoms with van der Waals surface area (Å²) in [6, 6.07) is 7.97. The summed E-state index contributed by atoms with van der Waals surface area (Å²) in [5.41, 5.74) is 7.60. The highest BCUT2D eigenvalue weighted by Gasteiger charge is 2.20. The van der Waals surface area contributed by atoms with Crippen LogP contribution in [0.4, 0.5) is 4.39 Å². The lowest BCUT2D eigenvalue weighted by molar-refractivity contribution is -0.121. The molecule has 144 valence electrons. The monoisotopic (exact) mass is 388 g/mol. The topological polar surface area (TPSA) is 72.2 Å². The first-order valence-corrected chi connectivity index (χ1v) is 10.3. The first-order chi connectivity index (χ1) is 13.0. The van der Waals surface area contributed by atoms with Crippen LogP contribution in [0.2, 0.25) is 0 Å². The third-order valence-corrected chi connectivity index (χ3v) is 6.26. The molecular weight excluding hydrogens is 363 g/mol. The fourth-order valence-electron chi connectivity index (χ4n) is 3.44. The van der Waals surface area contributed by atoms with Crippen molar-refractivity contribution in [2.75, 3.05) is 6.54 Å². The fourth-order valence-corrected chi connectivity index (χ4v) is 4.61. The van der Waals surface area contributed by atoms with Crippen LogP contribution in [-0.4, -0.2) is 18.4 Å². The van der Waals surface area contributed by atoms with E-state index in [9.17, 15) is 14.0 Å². The highest BCUT2D eigenvalue weighted by molar-refractivity contribution is 7.14. The third-order valence-electron chi connectivity index (χ3n) is 5.03. The minimum atomic E-state index is -0.527. The number of carbonyl (C=O) groups is 2. The van der Waals surface area contributed by atoms with Gasteiger partial charge in [0.15, 0.2) is 0 Å². The molecule has 1 aliphatic carbocycles. The summed E-state index contributed by atoms with van der Waals surface area (Å²) in [6.07, 6.45) is 7.30. The van der Waals surface area contributed by atoms with Crippen LogP contribution in [0.25, 0.3) is 0 Å². The molecular formula is C21H25FN2O2S. The quantitative estimate of drug-likeness (QED) is 0.793. The van der Waals surface area contributed by atoms with Gasteiger partial charge in [-0.15, -0.1) is 11.3 Å². The molecule has 27 heavy (non-hydrogen) atoms. The molecule has 3 N–H and O–H groups in total. The molecule has 0 fully saturated rings. The number of fused-ring (bicyclic) bond motifs is 1. The van der Waals surface area contributed by atoms with Crippen LogP contribution >= 0.6 is 11.3 Å². The molecule has 1 aromatic carbocycles. The summed E-state index contributed by atoms with van der Waals surface area (Å²) >= 11 is 1.56. The average Bonchev–Trinajstić information content (AvgIpc) is 3.02.